The number of nitro groups is 1. The minimum Gasteiger partial charge on any atom is -0.467 e. The van der Waals surface area contributed by atoms with Crippen molar-refractivity contribution < 1.29 is 14.1 Å². The van der Waals surface area contributed by atoms with Gasteiger partial charge in [-0.3, -0.25) is 14.9 Å². The van der Waals surface area contributed by atoms with Gasteiger partial charge in [-0.15, -0.1) is 0 Å². The SMILES string of the molecule is O=C(NCc1ccco1)c1cc([N+](=O)[O-])ccc1N1CCCC1. The maximum absolute atomic E-state index is 12.5. The van der Waals surface area contributed by atoms with Crippen LogP contribution in [0.4, 0.5) is 11.4 Å². The van der Waals surface area contributed by atoms with Crippen molar-refractivity contribution in [3.63, 3.8) is 0 Å². The first-order valence-corrected chi connectivity index (χ1v) is 7.49. The van der Waals surface area contributed by atoms with Crippen molar-refractivity contribution in [1.82, 2.24) is 5.32 Å². The molecule has 0 unspecified atom stereocenters. The van der Waals surface area contributed by atoms with Crippen molar-refractivity contribution in [1.29, 1.82) is 0 Å². The third kappa shape index (κ3) is 3.33. The summed E-state index contributed by atoms with van der Waals surface area (Å²) in [7, 11) is 0. The fraction of sp³-hybridized carbons (Fsp3) is 0.312. The number of nitro benzene ring substituents is 1. The summed E-state index contributed by atoms with van der Waals surface area (Å²) >= 11 is 0. The summed E-state index contributed by atoms with van der Waals surface area (Å²) in [6.45, 7) is 1.96. The lowest BCUT2D eigenvalue weighted by molar-refractivity contribution is -0.384. The fourth-order valence-electron chi connectivity index (χ4n) is 2.73. The maximum atomic E-state index is 12.5. The van der Waals surface area contributed by atoms with Crippen molar-refractivity contribution in [3.8, 4) is 0 Å². The van der Waals surface area contributed by atoms with Crippen LogP contribution in [0.3, 0.4) is 0 Å². The lowest BCUT2D eigenvalue weighted by Crippen LogP contribution is -2.27. The molecule has 0 saturated carbocycles. The van der Waals surface area contributed by atoms with E-state index in [9.17, 15) is 14.9 Å². The van der Waals surface area contributed by atoms with Crippen LogP contribution < -0.4 is 10.2 Å². The molecule has 0 atom stereocenters. The van der Waals surface area contributed by atoms with Crippen LogP contribution in [0.1, 0.15) is 29.0 Å². The zero-order chi connectivity index (χ0) is 16.2. The number of anilines is 1. The van der Waals surface area contributed by atoms with Crippen molar-refractivity contribution >= 4 is 17.3 Å². The minimum atomic E-state index is -0.489. The number of hydrogen-bond acceptors (Lipinski definition) is 5. The third-order valence-corrected chi connectivity index (χ3v) is 3.89. The molecule has 1 aromatic heterocycles. The van der Waals surface area contributed by atoms with Gasteiger partial charge in [0.2, 0.25) is 0 Å². The van der Waals surface area contributed by atoms with Crippen molar-refractivity contribution in [3.05, 3.63) is 58.0 Å². The van der Waals surface area contributed by atoms with Crippen LogP contribution in [-0.2, 0) is 6.54 Å². The van der Waals surface area contributed by atoms with E-state index in [1.165, 1.54) is 18.4 Å². The zero-order valence-electron chi connectivity index (χ0n) is 12.5. The van der Waals surface area contributed by atoms with Crippen LogP contribution in [0.25, 0.3) is 0 Å². The molecule has 2 aromatic rings. The summed E-state index contributed by atoms with van der Waals surface area (Å²) in [6, 6.07) is 7.94. The molecule has 1 amide bonds. The van der Waals surface area contributed by atoms with Gasteiger partial charge in [-0.1, -0.05) is 0 Å². The summed E-state index contributed by atoms with van der Waals surface area (Å²) in [5.41, 5.74) is 0.980. The number of benzene rings is 1. The first-order valence-electron chi connectivity index (χ1n) is 7.49. The number of non-ortho nitro benzene ring substituents is 1. The van der Waals surface area contributed by atoms with Crippen molar-refractivity contribution in [2.75, 3.05) is 18.0 Å². The second kappa shape index (κ2) is 6.51. The molecule has 7 heteroatoms. The van der Waals surface area contributed by atoms with E-state index in [-0.39, 0.29) is 18.1 Å². The molecule has 0 aliphatic carbocycles. The number of nitrogens with zero attached hydrogens (tertiary/aromatic N) is 2. The number of carbonyl (C=O) groups excluding carboxylic acids is 1. The van der Waals surface area contributed by atoms with Gasteiger partial charge in [0.05, 0.1) is 29.0 Å². The zero-order valence-corrected chi connectivity index (χ0v) is 12.5. The van der Waals surface area contributed by atoms with Crippen LogP contribution in [0.5, 0.6) is 0 Å². The van der Waals surface area contributed by atoms with Gasteiger partial charge < -0.3 is 14.6 Å². The monoisotopic (exact) mass is 315 g/mol. The lowest BCUT2D eigenvalue weighted by atomic mass is 10.1. The molecule has 1 saturated heterocycles. The number of hydrogen-bond donors (Lipinski definition) is 1. The molecule has 0 spiro atoms. The Bertz CT molecular complexity index is 706. The third-order valence-electron chi connectivity index (χ3n) is 3.89. The van der Waals surface area contributed by atoms with E-state index < -0.39 is 4.92 Å². The van der Waals surface area contributed by atoms with Gasteiger partial charge in [0, 0.05) is 25.2 Å². The molecule has 1 aromatic carbocycles. The Morgan fingerprint density at radius 2 is 2.09 bits per heavy atom. The topological polar surface area (TPSA) is 88.6 Å². The van der Waals surface area contributed by atoms with Gasteiger partial charge in [0.1, 0.15) is 5.76 Å². The second-order valence-corrected chi connectivity index (χ2v) is 5.41. The molecule has 3 rings (SSSR count). The number of rotatable bonds is 5. The van der Waals surface area contributed by atoms with Crippen LogP contribution in [-0.4, -0.2) is 23.9 Å². The van der Waals surface area contributed by atoms with E-state index in [1.807, 2.05) is 0 Å². The summed E-state index contributed by atoms with van der Waals surface area (Å²) in [5.74, 6) is 0.290. The summed E-state index contributed by atoms with van der Waals surface area (Å²) < 4.78 is 5.18. The second-order valence-electron chi connectivity index (χ2n) is 5.41. The molecule has 2 heterocycles. The molecule has 1 N–H and O–H groups in total. The lowest BCUT2D eigenvalue weighted by Gasteiger charge is -2.20. The number of carbonyl (C=O) groups is 1. The normalized spacial score (nSPS) is 14.0. The van der Waals surface area contributed by atoms with E-state index in [4.69, 9.17) is 4.42 Å². The maximum Gasteiger partial charge on any atom is 0.270 e. The van der Waals surface area contributed by atoms with E-state index in [2.05, 4.69) is 10.2 Å². The highest BCUT2D eigenvalue weighted by molar-refractivity contribution is 6.00. The van der Waals surface area contributed by atoms with Gasteiger partial charge in [-0.25, -0.2) is 0 Å². The minimum absolute atomic E-state index is 0.0869. The van der Waals surface area contributed by atoms with Gasteiger partial charge in [-0.05, 0) is 31.0 Å². The largest absolute Gasteiger partial charge is 0.467 e. The molecule has 1 fully saturated rings. The summed E-state index contributed by atoms with van der Waals surface area (Å²) in [5, 5.41) is 13.7. The number of amides is 1. The van der Waals surface area contributed by atoms with Crippen LogP contribution in [0.15, 0.2) is 41.0 Å². The first-order chi connectivity index (χ1) is 11.1. The molecule has 23 heavy (non-hydrogen) atoms. The number of furan rings is 1. The fourth-order valence-corrected chi connectivity index (χ4v) is 2.73. The highest BCUT2D eigenvalue weighted by Crippen LogP contribution is 2.28. The Hall–Kier alpha value is -2.83. The highest BCUT2D eigenvalue weighted by atomic mass is 16.6. The average Bonchev–Trinajstić information content (AvgIpc) is 3.25. The van der Waals surface area contributed by atoms with Crippen LogP contribution in [0, 0.1) is 10.1 Å². The van der Waals surface area contributed by atoms with Gasteiger partial charge in [0.25, 0.3) is 11.6 Å². The smallest absolute Gasteiger partial charge is 0.270 e. The molecular weight excluding hydrogens is 298 g/mol. The average molecular weight is 315 g/mol. The van der Waals surface area contributed by atoms with E-state index in [0.717, 1.165) is 31.6 Å². The number of nitrogens with one attached hydrogen (secondary N) is 1. The molecule has 120 valence electrons. The predicted molar refractivity (Wildman–Crippen MR) is 84.4 cm³/mol. The molecule has 1 aliphatic rings. The van der Waals surface area contributed by atoms with Crippen molar-refractivity contribution in [2.45, 2.75) is 19.4 Å². The van der Waals surface area contributed by atoms with Crippen LogP contribution in [0.2, 0.25) is 0 Å². The Balaban J connectivity index is 1.85. The Morgan fingerprint density at radius 3 is 2.74 bits per heavy atom. The Labute approximate surface area is 133 Å². The van der Waals surface area contributed by atoms with E-state index in [0.29, 0.717) is 11.3 Å². The molecule has 1 aliphatic heterocycles. The van der Waals surface area contributed by atoms with Crippen molar-refractivity contribution in [2.24, 2.45) is 0 Å². The van der Waals surface area contributed by atoms with Gasteiger partial charge in [-0.2, -0.15) is 0 Å². The predicted octanol–water partition coefficient (Wildman–Crippen LogP) is 2.72. The van der Waals surface area contributed by atoms with Crippen LogP contribution >= 0.6 is 0 Å². The van der Waals surface area contributed by atoms with E-state index in [1.54, 1.807) is 18.2 Å². The van der Waals surface area contributed by atoms with Gasteiger partial charge in [0.15, 0.2) is 0 Å². The molecule has 0 bridgehead atoms. The highest BCUT2D eigenvalue weighted by Gasteiger charge is 2.22. The summed E-state index contributed by atoms with van der Waals surface area (Å²) in [6.07, 6.45) is 3.65. The standard InChI is InChI=1S/C16H17N3O4/c20-16(17-11-13-4-3-9-23-13)14-10-12(19(21)22)5-6-15(14)18-7-1-2-8-18/h3-6,9-10H,1-2,7-8,11H2,(H,17,20). The molecular formula is C16H17N3O4. The Morgan fingerprint density at radius 1 is 1.30 bits per heavy atom. The first kappa shape index (κ1) is 15.1. The summed E-state index contributed by atoms with van der Waals surface area (Å²) in [4.78, 5) is 25.1. The molecule has 7 nitrogen and oxygen atoms in total. The molecule has 0 radical (unpaired) electrons. The van der Waals surface area contributed by atoms with E-state index >= 15 is 0 Å². The Kier molecular flexibility index (Phi) is 4.27. The quantitative estimate of drug-likeness (QED) is 0.677. The van der Waals surface area contributed by atoms with Gasteiger partial charge >= 0.3 is 0 Å².